The van der Waals surface area contributed by atoms with E-state index in [4.69, 9.17) is 22.4 Å². The molecule has 2 N–H and O–H groups in total. The number of amides is 1. The number of ether oxygens (including phenoxy) is 2. The molecule has 0 saturated heterocycles. The summed E-state index contributed by atoms with van der Waals surface area (Å²) in [5, 5.41) is 23.3. The van der Waals surface area contributed by atoms with E-state index < -0.39 is 11.0 Å². The Bertz CT molecular complexity index is 647. The maximum absolute atomic E-state index is 11.5. The maximum Gasteiger partial charge on any atom is 0.407 e. The van der Waals surface area contributed by atoms with Crippen molar-refractivity contribution in [3.05, 3.63) is 33.4 Å². The van der Waals surface area contributed by atoms with Gasteiger partial charge in [-0.15, -0.1) is 11.6 Å². The number of halogens is 1. The fourth-order valence-electron chi connectivity index (χ4n) is 2.59. The summed E-state index contributed by atoms with van der Waals surface area (Å²) < 4.78 is 17.6. The van der Waals surface area contributed by atoms with Crippen LogP contribution >= 0.6 is 11.6 Å². The standard InChI is InChI=1S/C19H29ClN2O6/c1-2-21-19(24)28-14-16-11-15(13-23)18(12-17(16)22(25)26)27-10-8-6-4-3-5-7-9-20/h11-12,23H,2-10,13-14H2,1H3,(H,21,24)/i1D. The van der Waals surface area contributed by atoms with Crippen LogP contribution in [0.25, 0.3) is 0 Å². The number of nitrogens with one attached hydrogen (secondary N) is 1. The Morgan fingerprint density at radius 2 is 1.96 bits per heavy atom. The van der Waals surface area contributed by atoms with Crippen LogP contribution in [0.5, 0.6) is 5.75 Å². The molecule has 1 rings (SSSR count). The lowest BCUT2D eigenvalue weighted by molar-refractivity contribution is -0.385. The molecular weight excluding hydrogens is 388 g/mol. The fraction of sp³-hybridized carbons (Fsp3) is 0.632. The van der Waals surface area contributed by atoms with Crippen LogP contribution in [0, 0.1) is 10.1 Å². The van der Waals surface area contributed by atoms with E-state index in [9.17, 15) is 20.0 Å². The van der Waals surface area contributed by atoms with E-state index in [1.54, 1.807) is 0 Å². The quantitative estimate of drug-likeness (QED) is 0.202. The molecule has 0 spiro atoms. The zero-order valence-electron chi connectivity index (χ0n) is 17.0. The zero-order valence-corrected chi connectivity index (χ0v) is 16.7. The predicted octanol–water partition coefficient (Wildman–Crippen LogP) is 4.29. The highest BCUT2D eigenvalue weighted by atomic mass is 35.5. The van der Waals surface area contributed by atoms with Crippen molar-refractivity contribution in [2.24, 2.45) is 0 Å². The van der Waals surface area contributed by atoms with E-state index in [2.05, 4.69) is 5.32 Å². The Morgan fingerprint density at radius 3 is 2.61 bits per heavy atom. The fourth-order valence-corrected chi connectivity index (χ4v) is 2.78. The second-order valence-corrected chi connectivity index (χ2v) is 6.54. The summed E-state index contributed by atoms with van der Waals surface area (Å²) in [5.74, 6) is 0.937. The lowest BCUT2D eigenvalue weighted by Crippen LogP contribution is -2.23. The molecule has 0 fully saturated rings. The molecule has 0 aliphatic rings. The number of benzene rings is 1. The Morgan fingerprint density at radius 1 is 1.25 bits per heavy atom. The van der Waals surface area contributed by atoms with Gasteiger partial charge in [0, 0.05) is 19.4 Å². The first-order valence-corrected chi connectivity index (χ1v) is 9.86. The molecule has 1 aromatic rings. The number of unbranched alkanes of at least 4 members (excludes halogenated alkanes) is 5. The molecule has 8 nitrogen and oxygen atoms in total. The number of carbonyl (C=O) groups is 1. The summed E-state index contributed by atoms with van der Waals surface area (Å²) >= 11 is 5.64. The van der Waals surface area contributed by atoms with Gasteiger partial charge in [0.15, 0.2) is 0 Å². The molecule has 0 aliphatic carbocycles. The van der Waals surface area contributed by atoms with E-state index in [1.165, 1.54) is 12.1 Å². The molecule has 158 valence electrons. The minimum atomic E-state index is -0.761. The number of nitro benzene ring substituents is 1. The van der Waals surface area contributed by atoms with Gasteiger partial charge in [0.1, 0.15) is 12.4 Å². The number of aliphatic hydroxyl groups excluding tert-OH is 1. The molecule has 0 unspecified atom stereocenters. The van der Waals surface area contributed by atoms with Gasteiger partial charge in [0.25, 0.3) is 5.69 Å². The number of nitrogens with zero attached hydrogens (tertiary/aromatic N) is 1. The number of aliphatic hydroxyl groups is 1. The number of alkyl halides is 1. The topological polar surface area (TPSA) is 111 Å². The van der Waals surface area contributed by atoms with Crippen LogP contribution in [0.2, 0.25) is 0 Å². The summed E-state index contributed by atoms with van der Waals surface area (Å²) in [5.41, 5.74) is 0.307. The summed E-state index contributed by atoms with van der Waals surface area (Å²) in [4.78, 5) is 22.3. The minimum absolute atomic E-state index is 0.00334. The average molecular weight is 418 g/mol. The number of hydrogen-bond acceptors (Lipinski definition) is 6. The van der Waals surface area contributed by atoms with Gasteiger partial charge in [-0.1, -0.05) is 25.7 Å². The van der Waals surface area contributed by atoms with Crippen molar-refractivity contribution in [1.82, 2.24) is 5.32 Å². The third-order valence-corrected chi connectivity index (χ3v) is 4.31. The molecular formula is C19H29ClN2O6. The van der Waals surface area contributed by atoms with E-state index in [-0.39, 0.29) is 43.7 Å². The molecule has 0 radical (unpaired) electrons. The van der Waals surface area contributed by atoms with Gasteiger partial charge in [-0.2, -0.15) is 0 Å². The van der Waals surface area contributed by atoms with Crippen LogP contribution < -0.4 is 10.1 Å². The van der Waals surface area contributed by atoms with Gasteiger partial charge >= 0.3 is 6.09 Å². The molecule has 9 heteroatoms. The third kappa shape index (κ3) is 8.75. The summed E-state index contributed by atoms with van der Waals surface area (Å²) in [6.45, 7) is -0.157. The second kappa shape index (κ2) is 14.0. The van der Waals surface area contributed by atoms with Crippen molar-refractivity contribution in [3.63, 3.8) is 0 Å². The Labute approximate surface area is 171 Å². The van der Waals surface area contributed by atoms with Crippen LogP contribution in [0.1, 0.15) is 57.9 Å². The van der Waals surface area contributed by atoms with Crippen LogP contribution in [0.3, 0.4) is 0 Å². The third-order valence-electron chi connectivity index (χ3n) is 4.04. The van der Waals surface area contributed by atoms with Crippen LogP contribution in [-0.2, 0) is 18.0 Å². The van der Waals surface area contributed by atoms with E-state index in [1.807, 2.05) is 0 Å². The molecule has 1 amide bonds. The Balaban J connectivity index is 2.66. The monoisotopic (exact) mass is 417 g/mol. The van der Waals surface area contributed by atoms with E-state index in [0.717, 1.165) is 38.5 Å². The predicted molar refractivity (Wildman–Crippen MR) is 107 cm³/mol. The molecule has 28 heavy (non-hydrogen) atoms. The summed E-state index contributed by atoms with van der Waals surface area (Å²) in [6.07, 6.45) is 5.34. The number of alkyl carbamates (subject to hydrolysis) is 1. The first-order chi connectivity index (χ1) is 14.0. The maximum atomic E-state index is 11.5. The number of carbonyl (C=O) groups excluding carboxylic acids is 1. The number of rotatable bonds is 14. The number of hydrogen-bond donors (Lipinski definition) is 2. The highest BCUT2D eigenvalue weighted by Crippen LogP contribution is 2.30. The van der Waals surface area contributed by atoms with Gasteiger partial charge < -0.3 is 19.9 Å². The SMILES string of the molecule is [2H]CCNC(=O)OCc1cc(CO)c(OCCCCCCCCCl)cc1[N+](=O)[O-]. The lowest BCUT2D eigenvalue weighted by Gasteiger charge is -2.13. The minimum Gasteiger partial charge on any atom is -0.493 e. The largest absolute Gasteiger partial charge is 0.493 e. The zero-order chi connectivity index (χ0) is 21.5. The van der Waals surface area contributed by atoms with Gasteiger partial charge in [0.05, 0.1) is 29.8 Å². The second-order valence-electron chi connectivity index (χ2n) is 6.17. The van der Waals surface area contributed by atoms with Crippen molar-refractivity contribution in [2.45, 2.75) is 58.6 Å². The van der Waals surface area contributed by atoms with Gasteiger partial charge in [-0.3, -0.25) is 10.1 Å². The normalized spacial score (nSPS) is 11.0. The molecule has 0 saturated carbocycles. The number of nitro groups is 1. The lowest BCUT2D eigenvalue weighted by atomic mass is 10.1. The van der Waals surface area contributed by atoms with Crippen molar-refractivity contribution in [1.29, 1.82) is 0 Å². The van der Waals surface area contributed by atoms with Crippen molar-refractivity contribution in [3.8, 4) is 5.75 Å². The van der Waals surface area contributed by atoms with Crippen molar-refractivity contribution < 1.29 is 25.7 Å². The Kier molecular flexibility index (Phi) is 11.1. The van der Waals surface area contributed by atoms with Crippen molar-refractivity contribution >= 4 is 23.4 Å². The summed E-state index contributed by atoms with van der Waals surface area (Å²) in [7, 11) is 0. The molecule has 0 aliphatic heterocycles. The first-order valence-electron chi connectivity index (χ1n) is 10.0. The van der Waals surface area contributed by atoms with Gasteiger partial charge in [0.2, 0.25) is 0 Å². The first kappa shape index (κ1) is 22.2. The van der Waals surface area contributed by atoms with Crippen LogP contribution in [0.4, 0.5) is 10.5 Å². The molecule has 1 aromatic carbocycles. The van der Waals surface area contributed by atoms with Crippen molar-refractivity contribution in [2.75, 3.05) is 19.0 Å². The molecule has 0 heterocycles. The van der Waals surface area contributed by atoms with E-state index in [0.29, 0.717) is 18.1 Å². The highest BCUT2D eigenvalue weighted by Gasteiger charge is 2.20. The summed E-state index contributed by atoms with van der Waals surface area (Å²) in [6, 6.07) is 2.67. The molecule has 0 atom stereocenters. The van der Waals surface area contributed by atoms with Crippen LogP contribution in [0.15, 0.2) is 12.1 Å². The van der Waals surface area contributed by atoms with Crippen LogP contribution in [-0.4, -0.2) is 35.2 Å². The average Bonchev–Trinajstić information content (AvgIpc) is 2.72. The van der Waals surface area contributed by atoms with Gasteiger partial charge in [-0.25, -0.2) is 4.79 Å². The molecule has 0 bridgehead atoms. The highest BCUT2D eigenvalue weighted by molar-refractivity contribution is 6.17. The smallest absolute Gasteiger partial charge is 0.407 e. The Hall–Kier alpha value is -2.06. The van der Waals surface area contributed by atoms with Gasteiger partial charge in [-0.05, 0) is 25.8 Å². The van der Waals surface area contributed by atoms with E-state index >= 15 is 0 Å². The molecule has 0 aromatic heterocycles.